The first-order valence-corrected chi connectivity index (χ1v) is 4.61. The molecule has 1 rings (SSSR count). The van der Waals surface area contributed by atoms with Crippen molar-refractivity contribution in [1.29, 1.82) is 0 Å². The summed E-state index contributed by atoms with van der Waals surface area (Å²) in [5, 5.41) is 2.80. The highest BCUT2D eigenvalue weighted by Crippen LogP contribution is 2.01. The molecule has 0 aliphatic heterocycles. The fraction of sp³-hybridized carbons (Fsp3) is 0.300. The number of esters is 1. The number of rotatable bonds is 4. The molecule has 0 bridgehead atoms. The van der Waals surface area contributed by atoms with Gasteiger partial charge < -0.3 is 10.1 Å². The fourth-order valence-electron chi connectivity index (χ4n) is 0.908. The van der Waals surface area contributed by atoms with Crippen molar-refractivity contribution in [3.63, 3.8) is 0 Å². The highest BCUT2D eigenvalue weighted by atomic mass is 16.5. The predicted molar refractivity (Wildman–Crippen MR) is 57.2 cm³/mol. The summed E-state index contributed by atoms with van der Waals surface area (Å²) in [4.78, 5) is 19.0. The molecule has 0 unspecified atom stereocenters. The van der Waals surface area contributed by atoms with Crippen LogP contribution in [0.4, 0.5) is 5.95 Å². The standard InChI is InChI=1S/C10H13N3O2/c1-3-15-9(14)5-4-8-6-12-10(11-2)13-7-8/h4-7H,3H2,1-2H3,(H,11,12,13)/b5-4+. The van der Waals surface area contributed by atoms with E-state index < -0.39 is 0 Å². The highest BCUT2D eigenvalue weighted by molar-refractivity contribution is 5.86. The summed E-state index contributed by atoms with van der Waals surface area (Å²) in [6.07, 6.45) is 6.20. The molecular weight excluding hydrogens is 194 g/mol. The van der Waals surface area contributed by atoms with E-state index in [0.717, 1.165) is 5.56 Å². The molecule has 0 radical (unpaired) electrons. The van der Waals surface area contributed by atoms with Gasteiger partial charge in [-0.3, -0.25) is 0 Å². The second-order valence-electron chi connectivity index (χ2n) is 2.68. The van der Waals surface area contributed by atoms with Crippen LogP contribution in [0.5, 0.6) is 0 Å². The number of carbonyl (C=O) groups excluding carboxylic acids is 1. The third kappa shape index (κ3) is 3.76. The first kappa shape index (κ1) is 11.2. The third-order valence-corrected chi connectivity index (χ3v) is 1.59. The van der Waals surface area contributed by atoms with Gasteiger partial charge >= 0.3 is 5.97 Å². The predicted octanol–water partition coefficient (Wildman–Crippen LogP) is 1.09. The van der Waals surface area contributed by atoms with E-state index in [1.165, 1.54) is 6.08 Å². The molecular formula is C10H13N3O2. The molecule has 0 saturated heterocycles. The Bertz CT molecular complexity index is 346. The Labute approximate surface area is 88.2 Å². The number of ether oxygens (including phenoxy) is 1. The number of hydrogen-bond acceptors (Lipinski definition) is 5. The van der Waals surface area contributed by atoms with Gasteiger partial charge in [-0.15, -0.1) is 0 Å². The lowest BCUT2D eigenvalue weighted by atomic mass is 10.3. The third-order valence-electron chi connectivity index (χ3n) is 1.59. The Morgan fingerprint density at radius 1 is 1.53 bits per heavy atom. The molecule has 80 valence electrons. The Morgan fingerprint density at radius 3 is 2.73 bits per heavy atom. The van der Waals surface area contributed by atoms with Crippen molar-refractivity contribution in [3.05, 3.63) is 24.0 Å². The average molecular weight is 207 g/mol. The van der Waals surface area contributed by atoms with Crippen LogP contribution in [-0.2, 0) is 9.53 Å². The van der Waals surface area contributed by atoms with E-state index >= 15 is 0 Å². The molecule has 0 saturated carbocycles. The van der Waals surface area contributed by atoms with Gasteiger partial charge in [-0.05, 0) is 13.0 Å². The minimum Gasteiger partial charge on any atom is -0.463 e. The molecule has 1 heterocycles. The van der Waals surface area contributed by atoms with Gasteiger partial charge in [0.2, 0.25) is 5.95 Å². The summed E-state index contributed by atoms with van der Waals surface area (Å²) in [7, 11) is 1.74. The maximum absolute atomic E-state index is 11.0. The van der Waals surface area contributed by atoms with E-state index in [2.05, 4.69) is 15.3 Å². The Hall–Kier alpha value is -1.91. The number of anilines is 1. The zero-order valence-corrected chi connectivity index (χ0v) is 8.73. The van der Waals surface area contributed by atoms with Crippen molar-refractivity contribution in [2.24, 2.45) is 0 Å². The van der Waals surface area contributed by atoms with Crippen molar-refractivity contribution < 1.29 is 9.53 Å². The van der Waals surface area contributed by atoms with E-state index in [1.807, 2.05) is 0 Å². The Morgan fingerprint density at radius 2 is 2.20 bits per heavy atom. The number of carbonyl (C=O) groups is 1. The lowest BCUT2D eigenvalue weighted by molar-refractivity contribution is -0.137. The van der Waals surface area contributed by atoms with Gasteiger partial charge in [-0.25, -0.2) is 14.8 Å². The number of nitrogens with zero attached hydrogens (tertiary/aromatic N) is 2. The van der Waals surface area contributed by atoms with E-state index in [1.54, 1.807) is 32.4 Å². The van der Waals surface area contributed by atoms with Crippen LogP contribution < -0.4 is 5.32 Å². The van der Waals surface area contributed by atoms with Crippen LogP contribution in [0.25, 0.3) is 6.08 Å². The van der Waals surface area contributed by atoms with Crippen molar-refractivity contribution in [3.8, 4) is 0 Å². The molecule has 5 heteroatoms. The molecule has 0 fully saturated rings. The van der Waals surface area contributed by atoms with Crippen molar-refractivity contribution in [2.75, 3.05) is 19.0 Å². The number of aromatic nitrogens is 2. The smallest absolute Gasteiger partial charge is 0.330 e. The first-order chi connectivity index (χ1) is 7.26. The average Bonchev–Trinajstić information content (AvgIpc) is 2.27. The maximum Gasteiger partial charge on any atom is 0.330 e. The van der Waals surface area contributed by atoms with Gasteiger partial charge in [0.05, 0.1) is 6.61 Å². The fourth-order valence-corrected chi connectivity index (χ4v) is 0.908. The van der Waals surface area contributed by atoms with E-state index in [-0.39, 0.29) is 5.97 Å². The lowest BCUT2D eigenvalue weighted by Crippen LogP contribution is -1.99. The molecule has 1 N–H and O–H groups in total. The normalized spacial score (nSPS) is 10.3. The van der Waals surface area contributed by atoms with Crippen LogP contribution in [0, 0.1) is 0 Å². The Kier molecular flexibility index (Phi) is 4.28. The topological polar surface area (TPSA) is 64.1 Å². The molecule has 0 atom stereocenters. The van der Waals surface area contributed by atoms with Gasteiger partial charge in [-0.2, -0.15) is 0 Å². The van der Waals surface area contributed by atoms with Crippen LogP contribution in [0.15, 0.2) is 18.5 Å². The summed E-state index contributed by atoms with van der Waals surface area (Å²) in [6, 6.07) is 0. The summed E-state index contributed by atoms with van der Waals surface area (Å²) in [5.74, 6) is 0.179. The molecule has 15 heavy (non-hydrogen) atoms. The second-order valence-corrected chi connectivity index (χ2v) is 2.68. The van der Waals surface area contributed by atoms with Crippen LogP contribution in [0.2, 0.25) is 0 Å². The van der Waals surface area contributed by atoms with Crippen molar-refractivity contribution in [2.45, 2.75) is 6.92 Å². The van der Waals surface area contributed by atoms with Crippen molar-refractivity contribution >= 4 is 18.0 Å². The quantitative estimate of drug-likeness (QED) is 0.591. The van der Waals surface area contributed by atoms with Gasteiger partial charge in [0.25, 0.3) is 0 Å². The zero-order chi connectivity index (χ0) is 11.1. The van der Waals surface area contributed by atoms with Crippen LogP contribution >= 0.6 is 0 Å². The van der Waals surface area contributed by atoms with E-state index in [9.17, 15) is 4.79 Å². The molecule has 0 aliphatic carbocycles. The lowest BCUT2D eigenvalue weighted by Gasteiger charge is -1.97. The van der Waals surface area contributed by atoms with Crippen LogP contribution in [0.1, 0.15) is 12.5 Å². The summed E-state index contributed by atoms with van der Waals surface area (Å²) >= 11 is 0. The van der Waals surface area contributed by atoms with E-state index in [0.29, 0.717) is 12.6 Å². The number of hydrogen-bond donors (Lipinski definition) is 1. The largest absolute Gasteiger partial charge is 0.463 e. The van der Waals surface area contributed by atoms with Gasteiger partial charge in [0.1, 0.15) is 0 Å². The molecule has 0 aliphatic rings. The monoisotopic (exact) mass is 207 g/mol. The van der Waals surface area contributed by atoms with Crippen LogP contribution in [0.3, 0.4) is 0 Å². The van der Waals surface area contributed by atoms with Crippen molar-refractivity contribution in [1.82, 2.24) is 9.97 Å². The summed E-state index contributed by atoms with van der Waals surface area (Å²) in [6.45, 7) is 2.13. The molecule has 0 aromatic carbocycles. The van der Waals surface area contributed by atoms with Gasteiger partial charge in [-0.1, -0.05) is 0 Å². The SMILES string of the molecule is CCOC(=O)/C=C/c1cnc(NC)nc1. The number of nitrogens with one attached hydrogen (secondary N) is 1. The molecule has 5 nitrogen and oxygen atoms in total. The summed E-state index contributed by atoms with van der Waals surface area (Å²) < 4.78 is 4.73. The zero-order valence-electron chi connectivity index (χ0n) is 8.73. The van der Waals surface area contributed by atoms with E-state index in [4.69, 9.17) is 4.74 Å². The molecule has 0 spiro atoms. The molecule has 1 aromatic rings. The van der Waals surface area contributed by atoms with Crippen LogP contribution in [-0.4, -0.2) is 29.6 Å². The maximum atomic E-state index is 11.0. The Balaban J connectivity index is 2.60. The minimum absolute atomic E-state index is 0.366. The first-order valence-electron chi connectivity index (χ1n) is 4.61. The molecule has 1 aromatic heterocycles. The highest BCUT2D eigenvalue weighted by Gasteiger charge is 1.95. The summed E-state index contributed by atoms with van der Waals surface area (Å²) in [5.41, 5.74) is 0.752. The van der Waals surface area contributed by atoms with Gasteiger partial charge in [0, 0.05) is 31.1 Å². The molecule has 0 amide bonds. The second kappa shape index (κ2) is 5.74. The minimum atomic E-state index is -0.366. The van der Waals surface area contributed by atoms with Gasteiger partial charge in [0.15, 0.2) is 0 Å².